The number of rotatable bonds is 48. The fraction of sp³-hybridized carbons (Fsp3) is 0.656. The quantitative estimate of drug-likeness (QED) is 0.0262. The van der Waals surface area contributed by atoms with E-state index >= 15 is 0 Å². The first-order valence-electron chi connectivity index (χ1n) is 27.4. The Hall–Kier alpha value is -3.93. The number of esters is 3. The maximum Gasteiger partial charge on any atom is 0.310 e. The molecule has 0 aromatic rings. The molecular formula is C61H100O6. The van der Waals surface area contributed by atoms with Crippen LogP contribution in [0.2, 0.25) is 0 Å². The molecule has 0 aromatic heterocycles. The van der Waals surface area contributed by atoms with E-state index in [2.05, 4.69) is 118 Å². The molecule has 0 saturated heterocycles. The van der Waals surface area contributed by atoms with E-state index in [-0.39, 0.29) is 31.6 Å². The molecule has 0 spiro atoms. The number of unbranched alkanes of at least 4 members (excludes halogenated alkanes) is 20. The Morgan fingerprint density at radius 1 is 0.328 bits per heavy atom. The van der Waals surface area contributed by atoms with Crippen molar-refractivity contribution in [2.75, 3.05) is 13.2 Å². The molecule has 6 heteroatoms. The van der Waals surface area contributed by atoms with E-state index < -0.39 is 12.1 Å². The molecule has 0 aromatic carbocycles. The Morgan fingerprint density at radius 3 is 0.985 bits per heavy atom. The lowest BCUT2D eigenvalue weighted by Gasteiger charge is -2.18. The van der Waals surface area contributed by atoms with E-state index in [0.29, 0.717) is 12.8 Å². The summed E-state index contributed by atoms with van der Waals surface area (Å²) in [6.07, 6.45) is 73.9. The summed E-state index contributed by atoms with van der Waals surface area (Å²) in [6, 6.07) is 0. The summed E-state index contributed by atoms with van der Waals surface area (Å²) in [5, 5.41) is 0. The Kier molecular flexibility index (Phi) is 51.5. The second-order valence-electron chi connectivity index (χ2n) is 17.8. The molecule has 0 aliphatic rings. The number of hydrogen-bond acceptors (Lipinski definition) is 6. The minimum absolute atomic E-state index is 0.0946. The van der Waals surface area contributed by atoms with Crippen LogP contribution in [-0.4, -0.2) is 37.2 Å². The van der Waals surface area contributed by atoms with Crippen molar-refractivity contribution in [1.29, 1.82) is 0 Å². The van der Waals surface area contributed by atoms with Crippen molar-refractivity contribution in [3.8, 4) is 0 Å². The molecule has 0 heterocycles. The van der Waals surface area contributed by atoms with E-state index in [4.69, 9.17) is 14.2 Å². The number of hydrogen-bond donors (Lipinski definition) is 0. The Labute approximate surface area is 412 Å². The van der Waals surface area contributed by atoms with Gasteiger partial charge in [-0.2, -0.15) is 0 Å². The van der Waals surface area contributed by atoms with Gasteiger partial charge in [0.05, 0.1) is 6.42 Å². The van der Waals surface area contributed by atoms with Gasteiger partial charge in [0, 0.05) is 12.8 Å². The summed E-state index contributed by atoms with van der Waals surface area (Å²) in [7, 11) is 0. The second-order valence-corrected chi connectivity index (χ2v) is 17.8. The molecule has 0 fully saturated rings. The topological polar surface area (TPSA) is 78.9 Å². The van der Waals surface area contributed by atoms with Crippen LogP contribution in [0.15, 0.2) is 109 Å². The minimum Gasteiger partial charge on any atom is -0.462 e. The average Bonchev–Trinajstić information content (AvgIpc) is 3.33. The van der Waals surface area contributed by atoms with Gasteiger partial charge in [0.25, 0.3) is 0 Å². The molecule has 0 bridgehead atoms. The molecule has 1 unspecified atom stereocenters. The smallest absolute Gasteiger partial charge is 0.310 e. The Balaban J connectivity index is 4.40. The van der Waals surface area contributed by atoms with Crippen LogP contribution < -0.4 is 0 Å². The third-order valence-corrected chi connectivity index (χ3v) is 11.3. The molecule has 0 saturated carbocycles. The monoisotopic (exact) mass is 929 g/mol. The number of ether oxygens (including phenoxy) is 3. The molecule has 0 aliphatic carbocycles. The molecule has 380 valence electrons. The van der Waals surface area contributed by atoms with Gasteiger partial charge in [0.2, 0.25) is 0 Å². The predicted molar refractivity (Wildman–Crippen MR) is 288 cm³/mol. The zero-order valence-corrected chi connectivity index (χ0v) is 43.4. The van der Waals surface area contributed by atoms with Crippen LogP contribution in [0.5, 0.6) is 0 Å². The van der Waals surface area contributed by atoms with Gasteiger partial charge in [-0.1, -0.05) is 246 Å². The first kappa shape index (κ1) is 63.1. The summed E-state index contributed by atoms with van der Waals surface area (Å²) in [6.45, 7) is 6.31. The molecule has 0 radical (unpaired) electrons. The van der Waals surface area contributed by atoms with Gasteiger partial charge in [-0.15, -0.1) is 0 Å². The zero-order chi connectivity index (χ0) is 48.6. The number of allylic oxidation sites excluding steroid dienone is 17. The highest BCUT2D eigenvalue weighted by Gasteiger charge is 2.19. The van der Waals surface area contributed by atoms with E-state index in [1.165, 1.54) is 103 Å². The largest absolute Gasteiger partial charge is 0.462 e. The van der Waals surface area contributed by atoms with Gasteiger partial charge in [0.1, 0.15) is 13.2 Å². The van der Waals surface area contributed by atoms with Crippen molar-refractivity contribution in [3.63, 3.8) is 0 Å². The summed E-state index contributed by atoms with van der Waals surface area (Å²) in [5.41, 5.74) is 0. The second kappa shape index (κ2) is 54.7. The third kappa shape index (κ3) is 52.9. The fourth-order valence-electron chi connectivity index (χ4n) is 7.27. The highest BCUT2D eigenvalue weighted by molar-refractivity contribution is 5.72. The SMILES string of the molecule is CC/C=C\C/C=C\C/C=C\C/C=C\C/C=C\CC(=O)OC(COC(=O)CCCCCCCCCCCCC)COC(=O)CCCCCCCCCCCC/C=C\C/C=C\C/C=C\C/C=C\CC. The van der Waals surface area contributed by atoms with Gasteiger partial charge in [-0.3, -0.25) is 14.4 Å². The van der Waals surface area contributed by atoms with Gasteiger partial charge in [0.15, 0.2) is 6.10 Å². The lowest BCUT2D eigenvalue weighted by atomic mass is 10.1. The first-order chi connectivity index (χ1) is 33.0. The van der Waals surface area contributed by atoms with Crippen molar-refractivity contribution < 1.29 is 28.6 Å². The van der Waals surface area contributed by atoms with Crippen LogP contribution in [0.1, 0.15) is 239 Å². The summed E-state index contributed by atoms with van der Waals surface area (Å²) >= 11 is 0. The predicted octanol–water partition coefficient (Wildman–Crippen LogP) is 18.3. The van der Waals surface area contributed by atoms with Crippen molar-refractivity contribution in [3.05, 3.63) is 109 Å². The number of carbonyl (C=O) groups is 3. The Bertz CT molecular complexity index is 1390. The first-order valence-corrected chi connectivity index (χ1v) is 27.4. The van der Waals surface area contributed by atoms with E-state index in [1.54, 1.807) is 6.08 Å². The highest BCUT2D eigenvalue weighted by atomic mass is 16.6. The minimum atomic E-state index is -0.833. The molecule has 67 heavy (non-hydrogen) atoms. The fourth-order valence-corrected chi connectivity index (χ4v) is 7.27. The lowest BCUT2D eigenvalue weighted by Crippen LogP contribution is -2.30. The molecule has 0 N–H and O–H groups in total. The summed E-state index contributed by atoms with van der Waals surface area (Å²) < 4.78 is 16.7. The van der Waals surface area contributed by atoms with Gasteiger partial charge >= 0.3 is 17.9 Å². The molecule has 6 nitrogen and oxygen atoms in total. The van der Waals surface area contributed by atoms with Crippen molar-refractivity contribution in [2.24, 2.45) is 0 Å². The molecule has 0 aliphatic heterocycles. The lowest BCUT2D eigenvalue weighted by molar-refractivity contribution is -0.166. The van der Waals surface area contributed by atoms with Crippen LogP contribution in [-0.2, 0) is 28.6 Å². The molecular weight excluding hydrogens is 829 g/mol. The van der Waals surface area contributed by atoms with Gasteiger partial charge in [-0.05, 0) is 83.5 Å². The van der Waals surface area contributed by atoms with Crippen LogP contribution in [0.25, 0.3) is 0 Å². The van der Waals surface area contributed by atoms with Crippen LogP contribution in [0.3, 0.4) is 0 Å². The van der Waals surface area contributed by atoms with Gasteiger partial charge < -0.3 is 14.2 Å². The van der Waals surface area contributed by atoms with Crippen LogP contribution >= 0.6 is 0 Å². The van der Waals surface area contributed by atoms with E-state index in [1.807, 2.05) is 6.08 Å². The maximum absolute atomic E-state index is 12.7. The van der Waals surface area contributed by atoms with Crippen molar-refractivity contribution in [2.45, 2.75) is 245 Å². The Morgan fingerprint density at radius 2 is 0.627 bits per heavy atom. The third-order valence-electron chi connectivity index (χ3n) is 11.3. The van der Waals surface area contributed by atoms with Crippen molar-refractivity contribution >= 4 is 17.9 Å². The molecule has 0 amide bonds. The number of carbonyl (C=O) groups excluding carboxylic acids is 3. The molecule has 1 atom stereocenters. The summed E-state index contributed by atoms with van der Waals surface area (Å²) in [5.74, 6) is -1.05. The average molecular weight is 929 g/mol. The van der Waals surface area contributed by atoms with E-state index in [0.717, 1.165) is 96.3 Å². The highest BCUT2D eigenvalue weighted by Crippen LogP contribution is 2.15. The standard InChI is InChI=1S/C61H100O6/c1-4-7-10-13-16-19-22-24-26-27-28-29-30-31-32-33-35-36-39-42-45-48-51-54-60(63)66-57-58(56-65-59(62)53-50-47-44-41-38-21-18-15-12-9-6-3)67-61(64)55-52-49-46-43-40-37-34-25-23-20-17-14-11-8-5-2/h7-8,10-11,16-17,19-20,24-26,28-29,34,40,43,49,52,58H,4-6,9,12-15,18,21-23,27,30-33,35-39,41-42,44-48,50-51,53-57H2,1-3H3/b10-7-,11-8-,19-16-,20-17-,26-24-,29-28-,34-25-,43-40-,52-49-. The van der Waals surface area contributed by atoms with Crippen LogP contribution in [0.4, 0.5) is 0 Å². The molecule has 0 rings (SSSR count). The zero-order valence-electron chi connectivity index (χ0n) is 43.4. The normalized spacial score (nSPS) is 12.9. The van der Waals surface area contributed by atoms with Gasteiger partial charge in [-0.25, -0.2) is 0 Å². The summed E-state index contributed by atoms with van der Waals surface area (Å²) in [4.78, 5) is 38.0. The van der Waals surface area contributed by atoms with Crippen molar-refractivity contribution in [1.82, 2.24) is 0 Å². The maximum atomic E-state index is 12.7. The van der Waals surface area contributed by atoms with Crippen LogP contribution in [0, 0.1) is 0 Å². The van der Waals surface area contributed by atoms with E-state index in [9.17, 15) is 14.4 Å².